The highest BCUT2D eigenvalue weighted by Gasteiger charge is 2.29. The average molecular weight is 275 g/mol. The van der Waals surface area contributed by atoms with Crippen molar-refractivity contribution in [1.82, 2.24) is 20.2 Å². The van der Waals surface area contributed by atoms with Gasteiger partial charge in [-0.05, 0) is 28.8 Å². The molecule has 1 saturated carbocycles. The third-order valence-electron chi connectivity index (χ3n) is 3.34. The van der Waals surface area contributed by atoms with Crippen LogP contribution in [0.5, 0.6) is 0 Å². The molecule has 2 atom stereocenters. The molecular weight excluding hydrogens is 258 g/mol. The molecule has 0 amide bonds. The molecule has 2 aromatic rings. The Morgan fingerprint density at radius 3 is 2.74 bits per heavy atom. The van der Waals surface area contributed by atoms with Crippen LogP contribution in [0.4, 0.5) is 0 Å². The summed E-state index contributed by atoms with van der Waals surface area (Å²) in [5.41, 5.74) is 7.44. The Hall–Kier alpha value is -1.40. The van der Waals surface area contributed by atoms with Crippen molar-refractivity contribution in [1.29, 1.82) is 0 Å². The van der Waals surface area contributed by atoms with Gasteiger partial charge in [0.25, 0.3) is 0 Å². The van der Waals surface area contributed by atoms with E-state index in [9.17, 15) is 0 Å². The third kappa shape index (κ3) is 2.79. The van der Waals surface area contributed by atoms with Crippen molar-refractivity contribution < 1.29 is 0 Å². The van der Waals surface area contributed by atoms with E-state index < -0.39 is 0 Å². The van der Waals surface area contributed by atoms with Crippen molar-refractivity contribution in [3.8, 4) is 0 Å². The molecule has 3 rings (SSSR count). The maximum absolute atomic E-state index is 6.30. The Bertz CT molecular complexity index is 537. The zero-order valence-electron chi connectivity index (χ0n) is 10.8. The highest BCUT2D eigenvalue weighted by Crippen LogP contribution is 2.38. The maximum atomic E-state index is 6.30. The quantitative estimate of drug-likeness (QED) is 0.847. The lowest BCUT2D eigenvalue weighted by molar-refractivity contribution is 0.563. The molecule has 1 aromatic carbocycles. The predicted octanol–water partition coefficient (Wildman–Crippen LogP) is 2.19. The van der Waals surface area contributed by atoms with E-state index in [-0.39, 0.29) is 11.3 Å². The van der Waals surface area contributed by atoms with Crippen LogP contribution in [-0.2, 0) is 0 Å². The molecule has 2 N–H and O–H groups in total. The van der Waals surface area contributed by atoms with Gasteiger partial charge >= 0.3 is 0 Å². The van der Waals surface area contributed by atoms with Crippen molar-refractivity contribution in [3.63, 3.8) is 0 Å². The van der Waals surface area contributed by atoms with Crippen molar-refractivity contribution in [3.05, 3.63) is 35.9 Å². The van der Waals surface area contributed by atoms with Crippen LogP contribution in [0.15, 0.2) is 35.5 Å². The van der Waals surface area contributed by atoms with E-state index in [0.717, 1.165) is 10.7 Å². The van der Waals surface area contributed by atoms with Gasteiger partial charge in [-0.15, -0.1) is 5.10 Å². The summed E-state index contributed by atoms with van der Waals surface area (Å²) in [5, 5.41) is 13.0. The molecule has 0 spiro atoms. The lowest BCUT2D eigenvalue weighted by Gasteiger charge is -2.19. The molecule has 0 saturated heterocycles. The number of benzene rings is 1. The van der Waals surface area contributed by atoms with E-state index in [2.05, 4.69) is 34.6 Å². The van der Waals surface area contributed by atoms with Crippen molar-refractivity contribution in [2.75, 3.05) is 0 Å². The molecule has 1 aliphatic carbocycles. The molecule has 6 heteroatoms. The van der Waals surface area contributed by atoms with Crippen LogP contribution in [0.2, 0.25) is 0 Å². The monoisotopic (exact) mass is 275 g/mol. The van der Waals surface area contributed by atoms with Gasteiger partial charge in [0, 0.05) is 11.3 Å². The first-order chi connectivity index (χ1) is 9.25. The summed E-state index contributed by atoms with van der Waals surface area (Å²) in [7, 11) is 0. The second-order valence-corrected chi connectivity index (χ2v) is 6.24. The summed E-state index contributed by atoms with van der Waals surface area (Å²) in [6.07, 6.45) is 2.36. The lowest BCUT2D eigenvalue weighted by Crippen LogP contribution is -2.21. The number of hydrogen-bond acceptors (Lipinski definition) is 5. The Morgan fingerprint density at radius 1 is 1.32 bits per heavy atom. The first-order valence-corrected chi connectivity index (χ1v) is 7.38. The van der Waals surface area contributed by atoms with Crippen molar-refractivity contribution in [2.24, 2.45) is 5.73 Å². The second-order valence-electron chi connectivity index (χ2n) is 4.90. The molecule has 19 heavy (non-hydrogen) atoms. The molecule has 0 aliphatic heterocycles. The standard InChI is InChI=1S/C13H17N5S/c1-9(12(14)10-5-3-2-4-6-10)19-13-15-16-17-18(13)11-7-8-11/h2-6,9,11-12H,7-8,14H2,1H3. The van der Waals surface area contributed by atoms with Gasteiger partial charge in [0.1, 0.15) is 0 Å². The van der Waals surface area contributed by atoms with Crippen molar-refractivity contribution >= 4 is 11.8 Å². The van der Waals surface area contributed by atoms with Gasteiger partial charge in [-0.3, -0.25) is 0 Å². The topological polar surface area (TPSA) is 69.6 Å². The number of nitrogens with zero attached hydrogens (tertiary/aromatic N) is 4. The molecule has 2 unspecified atom stereocenters. The number of thioether (sulfide) groups is 1. The summed E-state index contributed by atoms with van der Waals surface area (Å²) >= 11 is 1.65. The third-order valence-corrected chi connectivity index (χ3v) is 4.48. The fourth-order valence-corrected chi connectivity index (χ4v) is 3.01. The Kier molecular flexibility index (Phi) is 3.52. The van der Waals surface area contributed by atoms with Gasteiger partial charge in [-0.1, -0.05) is 49.0 Å². The summed E-state index contributed by atoms with van der Waals surface area (Å²) in [6, 6.07) is 10.6. The first kappa shape index (κ1) is 12.6. The molecule has 0 radical (unpaired) electrons. The smallest absolute Gasteiger partial charge is 0.209 e. The van der Waals surface area contributed by atoms with E-state index in [1.807, 2.05) is 22.9 Å². The molecule has 1 heterocycles. The van der Waals surface area contributed by atoms with E-state index in [1.165, 1.54) is 12.8 Å². The molecule has 5 nitrogen and oxygen atoms in total. The molecule has 1 fully saturated rings. The van der Waals surface area contributed by atoms with Crippen molar-refractivity contribution in [2.45, 2.75) is 42.3 Å². The van der Waals surface area contributed by atoms with Gasteiger partial charge in [0.15, 0.2) is 0 Å². The lowest BCUT2D eigenvalue weighted by atomic mass is 10.1. The second kappa shape index (κ2) is 5.30. The van der Waals surface area contributed by atoms with Crippen LogP contribution in [0.1, 0.15) is 37.4 Å². The highest BCUT2D eigenvalue weighted by atomic mass is 32.2. The minimum atomic E-state index is -0.0180. The summed E-state index contributed by atoms with van der Waals surface area (Å²) in [4.78, 5) is 0. The Morgan fingerprint density at radius 2 is 2.05 bits per heavy atom. The maximum Gasteiger partial charge on any atom is 0.209 e. The minimum Gasteiger partial charge on any atom is -0.323 e. The van der Waals surface area contributed by atoms with Gasteiger partial charge in [-0.2, -0.15) is 0 Å². The zero-order chi connectivity index (χ0) is 13.2. The van der Waals surface area contributed by atoms with Crippen LogP contribution in [0, 0.1) is 0 Å². The largest absolute Gasteiger partial charge is 0.323 e. The van der Waals surface area contributed by atoms with Gasteiger partial charge in [-0.25, -0.2) is 4.68 Å². The minimum absolute atomic E-state index is 0.0180. The Balaban J connectivity index is 1.70. The van der Waals surface area contributed by atoms with E-state index in [4.69, 9.17) is 5.73 Å². The number of nitrogens with two attached hydrogens (primary N) is 1. The highest BCUT2D eigenvalue weighted by molar-refractivity contribution is 7.99. The zero-order valence-corrected chi connectivity index (χ0v) is 11.6. The molecule has 1 aliphatic rings. The number of hydrogen-bond donors (Lipinski definition) is 1. The SMILES string of the molecule is CC(Sc1nnnn1C1CC1)C(N)c1ccccc1. The number of tetrazole rings is 1. The van der Waals surface area contributed by atoms with Gasteiger partial charge in [0.2, 0.25) is 5.16 Å². The predicted molar refractivity (Wildman–Crippen MR) is 74.8 cm³/mol. The summed E-state index contributed by atoms with van der Waals surface area (Å²) < 4.78 is 1.93. The van der Waals surface area contributed by atoms with Crippen LogP contribution >= 0.6 is 11.8 Å². The average Bonchev–Trinajstić information content (AvgIpc) is 3.19. The molecule has 100 valence electrons. The first-order valence-electron chi connectivity index (χ1n) is 6.51. The fourth-order valence-electron chi connectivity index (χ4n) is 2.00. The van der Waals surface area contributed by atoms with E-state index in [0.29, 0.717) is 6.04 Å². The summed E-state index contributed by atoms with van der Waals surface area (Å²) in [6.45, 7) is 2.12. The summed E-state index contributed by atoms with van der Waals surface area (Å²) in [5.74, 6) is 0. The van der Waals surface area contributed by atoms with Crippen LogP contribution < -0.4 is 5.73 Å². The van der Waals surface area contributed by atoms with E-state index >= 15 is 0 Å². The normalized spacial score (nSPS) is 18.2. The molecule has 1 aromatic heterocycles. The van der Waals surface area contributed by atoms with Crippen LogP contribution in [0.25, 0.3) is 0 Å². The number of aromatic nitrogens is 4. The van der Waals surface area contributed by atoms with Crippen LogP contribution in [0.3, 0.4) is 0 Å². The molecule has 0 bridgehead atoms. The molecular formula is C13H17N5S. The van der Waals surface area contributed by atoms with Crippen LogP contribution in [-0.4, -0.2) is 25.5 Å². The van der Waals surface area contributed by atoms with Gasteiger partial charge < -0.3 is 5.73 Å². The van der Waals surface area contributed by atoms with Gasteiger partial charge in [0.05, 0.1) is 6.04 Å². The number of rotatable bonds is 5. The van der Waals surface area contributed by atoms with E-state index in [1.54, 1.807) is 11.8 Å². The Labute approximate surface area is 116 Å². The fraction of sp³-hybridized carbons (Fsp3) is 0.462.